The van der Waals surface area contributed by atoms with Gasteiger partial charge in [-0.15, -0.1) is 0 Å². The Morgan fingerprint density at radius 1 is 0.853 bits per heavy atom. The fraction of sp³-hybridized carbons (Fsp3) is 0.222. The molecule has 0 saturated heterocycles. The van der Waals surface area contributed by atoms with E-state index < -0.39 is 24.5 Å². The number of nitrogens with zero attached hydrogens (tertiary/aromatic N) is 2. The molecule has 1 heterocycles. The van der Waals surface area contributed by atoms with Crippen LogP contribution in [0.5, 0.6) is 0 Å². The quantitative estimate of drug-likeness (QED) is 0.542. The van der Waals surface area contributed by atoms with Gasteiger partial charge in [0, 0.05) is 19.5 Å². The molecule has 2 N–H and O–H groups in total. The van der Waals surface area contributed by atoms with Gasteiger partial charge in [-0.05, 0) is 29.7 Å². The van der Waals surface area contributed by atoms with Gasteiger partial charge in [-0.3, -0.25) is 19.3 Å². The summed E-state index contributed by atoms with van der Waals surface area (Å²) < 4.78 is 0. The highest BCUT2D eigenvalue weighted by Gasteiger charge is 2.35. The van der Waals surface area contributed by atoms with Crippen molar-refractivity contribution in [1.82, 2.24) is 5.32 Å². The molecule has 174 valence electrons. The third-order valence-electron chi connectivity index (χ3n) is 5.81. The second-order valence-electron chi connectivity index (χ2n) is 8.28. The smallest absolute Gasteiger partial charge is 0.323 e. The summed E-state index contributed by atoms with van der Waals surface area (Å²) in [6.07, 6.45) is 0.790. The maximum Gasteiger partial charge on any atom is 0.323 e. The highest BCUT2D eigenvalue weighted by Crippen LogP contribution is 2.33. The number of carbonyl (C=O) groups excluding carboxylic acids is 2. The van der Waals surface area contributed by atoms with Crippen molar-refractivity contribution in [3.05, 3.63) is 96.1 Å². The van der Waals surface area contributed by atoms with Gasteiger partial charge in [0.2, 0.25) is 5.91 Å². The molecule has 1 aliphatic rings. The maximum atomic E-state index is 13.5. The van der Waals surface area contributed by atoms with Crippen LogP contribution in [0.1, 0.15) is 17.5 Å². The molecule has 0 spiro atoms. The van der Waals surface area contributed by atoms with Gasteiger partial charge in [0.05, 0.1) is 11.4 Å². The lowest BCUT2D eigenvalue weighted by Crippen LogP contribution is -2.53. The molecule has 0 aliphatic carbocycles. The Kier molecular flexibility index (Phi) is 7.22. The lowest BCUT2D eigenvalue weighted by molar-refractivity contribution is -0.136. The predicted octanol–water partition coefficient (Wildman–Crippen LogP) is 3.24. The first kappa shape index (κ1) is 23.0. The third-order valence-corrected chi connectivity index (χ3v) is 5.81. The van der Waals surface area contributed by atoms with Crippen molar-refractivity contribution in [3.63, 3.8) is 0 Å². The number of hydrogen-bond donors (Lipinski definition) is 2. The van der Waals surface area contributed by atoms with E-state index in [-0.39, 0.29) is 18.9 Å². The van der Waals surface area contributed by atoms with Crippen LogP contribution in [0.3, 0.4) is 0 Å². The molecule has 0 fully saturated rings. The largest absolute Gasteiger partial charge is 0.480 e. The number of hydrogen-bond acceptors (Lipinski definition) is 4. The molecule has 2 amide bonds. The summed E-state index contributed by atoms with van der Waals surface area (Å²) in [6, 6.07) is 25.9. The van der Waals surface area contributed by atoms with Gasteiger partial charge in [0.25, 0.3) is 5.91 Å². The Balaban J connectivity index is 1.60. The van der Waals surface area contributed by atoms with E-state index in [9.17, 15) is 19.5 Å². The van der Waals surface area contributed by atoms with Crippen LogP contribution in [0.4, 0.5) is 11.4 Å². The van der Waals surface area contributed by atoms with Crippen molar-refractivity contribution in [3.8, 4) is 0 Å². The van der Waals surface area contributed by atoms with Crippen LogP contribution < -0.4 is 15.1 Å². The van der Waals surface area contributed by atoms with Crippen molar-refractivity contribution < 1.29 is 19.5 Å². The van der Waals surface area contributed by atoms with Crippen molar-refractivity contribution >= 4 is 29.2 Å². The Hall–Kier alpha value is -4.13. The number of fused-ring (bicyclic) bond motifs is 1. The minimum Gasteiger partial charge on any atom is -0.480 e. The van der Waals surface area contributed by atoms with E-state index in [2.05, 4.69) is 5.32 Å². The minimum atomic E-state index is -1.12. The van der Waals surface area contributed by atoms with Crippen LogP contribution in [0, 0.1) is 0 Å². The van der Waals surface area contributed by atoms with Gasteiger partial charge in [-0.25, -0.2) is 0 Å². The standard InChI is InChI=1S/C27H27N3O4/c31-25(16-15-20-9-3-1-4-10-20)28-22-18-29(17-21-11-5-2-6-12-21)23-13-7-8-14-24(23)30(27(22)34)19-26(32)33/h1-14,22H,15-19H2,(H,28,31)(H,32,33). The van der Waals surface area contributed by atoms with E-state index in [0.717, 1.165) is 16.8 Å². The van der Waals surface area contributed by atoms with Crippen molar-refractivity contribution in [1.29, 1.82) is 0 Å². The van der Waals surface area contributed by atoms with E-state index in [1.54, 1.807) is 12.1 Å². The van der Waals surface area contributed by atoms with Crippen LogP contribution in [0.2, 0.25) is 0 Å². The highest BCUT2D eigenvalue weighted by atomic mass is 16.4. The Morgan fingerprint density at radius 3 is 2.09 bits per heavy atom. The number of benzene rings is 3. The SMILES string of the molecule is O=C(O)CN1C(=O)C(NC(=O)CCc2ccccc2)CN(Cc2ccccc2)c2ccccc21. The first-order chi connectivity index (χ1) is 16.5. The van der Waals surface area contributed by atoms with Gasteiger partial charge in [0.15, 0.2) is 0 Å². The first-order valence-electron chi connectivity index (χ1n) is 11.3. The average molecular weight is 458 g/mol. The molecule has 4 rings (SSSR count). The predicted molar refractivity (Wildman–Crippen MR) is 131 cm³/mol. The molecule has 1 unspecified atom stereocenters. The number of carbonyl (C=O) groups is 3. The zero-order valence-electron chi connectivity index (χ0n) is 18.8. The summed E-state index contributed by atoms with van der Waals surface area (Å²) in [4.78, 5) is 41.1. The molecule has 34 heavy (non-hydrogen) atoms. The normalized spacial score (nSPS) is 15.4. The topological polar surface area (TPSA) is 90.0 Å². The van der Waals surface area contributed by atoms with E-state index in [0.29, 0.717) is 18.7 Å². The molecule has 0 saturated carbocycles. The van der Waals surface area contributed by atoms with Crippen LogP contribution in [0.15, 0.2) is 84.9 Å². The number of carboxylic acid groups (broad SMARTS) is 1. The molecule has 0 bridgehead atoms. The van der Waals surface area contributed by atoms with E-state index in [4.69, 9.17) is 0 Å². The summed E-state index contributed by atoms with van der Waals surface area (Å²) in [6.45, 7) is 0.270. The van der Waals surface area contributed by atoms with Crippen molar-refractivity contribution in [2.45, 2.75) is 25.4 Å². The minimum absolute atomic E-state index is 0.234. The van der Waals surface area contributed by atoms with Crippen LogP contribution in [0.25, 0.3) is 0 Å². The second kappa shape index (κ2) is 10.7. The van der Waals surface area contributed by atoms with E-state index >= 15 is 0 Å². The Bertz CT molecular complexity index is 1150. The molecule has 3 aromatic carbocycles. The van der Waals surface area contributed by atoms with E-state index in [1.807, 2.05) is 77.7 Å². The number of para-hydroxylation sites is 2. The molecule has 0 aromatic heterocycles. The fourth-order valence-electron chi connectivity index (χ4n) is 4.19. The Labute approximate surface area is 198 Å². The number of carboxylic acids is 1. The van der Waals surface area contributed by atoms with Crippen molar-refractivity contribution in [2.75, 3.05) is 22.9 Å². The summed E-state index contributed by atoms with van der Waals surface area (Å²) in [5, 5.41) is 12.4. The molecule has 7 nitrogen and oxygen atoms in total. The van der Waals surface area contributed by atoms with Gasteiger partial charge >= 0.3 is 5.97 Å². The van der Waals surface area contributed by atoms with Crippen LogP contribution in [-0.4, -0.2) is 42.0 Å². The van der Waals surface area contributed by atoms with Gasteiger partial charge < -0.3 is 15.3 Å². The van der Waals surface area contributed by atoms with Gasteiger partial charge in [0.1, 0.15) is 12.6 Å². The zero-order chi connectivity index (χ0) is 23.9. The first-order valence-corrected chi connectivity index (χ1v) is 11.3. The van der Waals surface area contributed by atoms with Gasteiger partial charge in [-0.1, -0.05) is 72.8 Å². The van der Waals surface area contributed by atoms with Gasteiger partial charge in [-0.2, -0.15) is 0 Å². The zero-order valence-corrected chi connectivity index (χ0v) is 18.8. The lowest BCUT2D eigenvalue weighted by atomic mass is 10.1. The lowest BCUT2D eigenvalue weighted by Gasteiger charge is -2.27. The summed E-state index contributed by atoms with van der Waals surface area (Å²) >= 11 is 0. The molecule has 1 atom stereocenters. The molecule has 7 heteroatoms. The summed E-state index contributed by atoms with van der Waals surface area (Å²) in [5.41, 5.74) is 3.36. The number of rotatable bonds is 8. The average Bonchev–Trinajstić information content (AvgIpc) is 2.95. The molecule has 1 aliphatic heterocycles. The third kappa shape index (κ3) is 5.61. The fourth-order valence-corrected chi connectivity index (χ4v) is 4.19. The number of anilines is 2. The maximum absolute atomic E-state index is 13.5. The van der Waals surface area contributed by atoms with E-state index in [1.165, 1.54) is 4.90 Å². The highest BCUT2D eigenvalue weighted by molar-refractivity contribution is 6.05. The number of aliphatic carboxylic acids is 1. The van der Waals surface area contributed by atoms with Crippen LogP contribution in [-0.2, 0) is 27.3 Å². The summed E-state index contributed by atoms with van der Waals surface area (Å²) in [7, 11) is 0. The molecular formula is C27H27N3O4. The molecular weight excluding hydrogens is 430 g/mol. The van der Waals surface area contributed by atoms with Crippen molar-refractivity contribution in [2.24, 2.45) is 0 Å². The Morgan fingerprint density at radius 2 is 1.44 bits per heavy atom. The second-order valence-corrected chi connectivity index (χ2v) is 8.28. The summed E-state index contributed by atoms with van der Waals surface area (Å²) in [5.74, 6) is -1.80. The number of aryl methyl sites for hydroxylation is 1. The number of nitrogens with one attached hydrogen (secondary N) is 1. The molecule has 0 radical (unpaired) electrons. The van der Waals surface area contributed by atoms with Crippen LogP contribution >= 0.6 is 0 Å². The number of amides is 2. The molecule has 3 aromatic rings. The monoisotopic (exact) mass is 457 g/mol.